The average molecular weight is 450 g/mol. The summed E-state index contributed by atoms with van der Waals surface area (Å²) in [6.07, 6.45) is 2.61. The number of piperazine rings is 1. The number of rotatable bonds is 6. The van der Waals surface area contributed by atoms with Crippen LogP contribution in [-0.2, 0) is 6.42 Å². The number of likely N-dealkylation sites (N-methyl/N-ethyl adjacent to an activating group) is 1. The number of nitrogen functional groups attached to an aromatic ring is 1. The van der Waals surface area contributed by atoms with Crippen molar-refractivity contribution in [3.63, 3.8) is 0 Å². The molecule has 1 aliphatic rings. The van der Waals surface area contributed by atoms with Crippen LogP contribution in [0.25, 0.3) is 11.1 Å². The third-order valence-corrected chi connectivity index (χ3v) is 6.06. The first kappa shape index (κ1) is 22.1. The molecule has 0 spiro atoms. The van der Waals surface area contributed by atoms with Gasteiger partial charge in [0, 0.05) is 49.6 Å². The molecule has 2 heterocycles. The Morgan fingerprint density at radius 3 is 2.41 bits per heavy atom. The van der Waals surface area contributed by atoms with E-state index in [2.05, 4.69) is 39.3 Å². The normalized spacial score (nSPS) is 14.4. The number of nitrogens with zero attached hydrogens (tertiary/aromatic N) is 3. The summed E-state index contributed by atoms with van der Waals surface area (Å²) in [5.41, 5.74) is 10.1. The molecular formula is C25H28ClN5O. The number of halogens is 1. The lowest BCUT2D eigenvalue weighted by atomic mass is 10.0. The standard InChI is InChI=1S/C25H28ClN5O/c1-30-12-14-31(15-13-30)24-9-2-18(17-29-24)10-11-28-25(32)22-8-5-20(16-23(22)27)19-3-6-21(26)7-4-19/h2-9,16-17H,10-15,27H2,1H3,(H,28,32). The Labute approximate surface area is 194 Å². The van der Waals surface area contributed by atoms with E-state index in [0.29, 0.717) is 29.2 Å². The van der Waals surface area contributed by atoms with Crippen molar-refractivity contribution >= 4 is 29.0 Å². The van der Waals surface area contributed by atoms with Gasteiger partial charge < -0.3 is 20.9 Å². The van der Waals surface area contributed by atoms with Gasteiger partial charge >= 0.3 is 0 Å². The topological polar surface area (TPSA) is 74.5 Å². The Bertz CT molecular complexity index is 1060. The largest absolute Gasteiger partial charge is 0.398 e. The van der Waals surface area contributed by atoms with Crippen molar-refractivity contribution < 1.29 is 4.79 Å². The van der Waals surface area contributed by atoms with Crippen molar-refractivity contribution in [2.24, 2.45) is 0 Å². The quantitative estimate of drug-likeness (QED) is 0.561. The second-order valence-electron chi connectivity index (χ2n) is 8.13. The van der Waals surface area contributed by atoms with Crippen LogP contribution in [0.4, 0.5) is 11.5 Å². The average Bonchev–Trinajstić information content (AvgIpc) is 2.80. The van der Waals surface area contributed by atoms with E-state index in [0.717, 1.165) is 48.7 Å². The van der Waals surface area contributed by atoms with Gasteiger partial charge in [0.1, 0.15) is 5.82 Å². The van der Waals surface area contributed by atoms with Crippen LogP contribution in [0.5, 0.6) is 0 Å². The summed E-state index contributed by atoms with van der Waals surface area (Å²) >= 11 is 5.95. The number of carbonyl (C=O) groups is 1. The van der Waals surface area contributed by atoms with Crippen LogP contribution >= 0.6 is 11.6 Å². The van der Waals surface area contributed by atoms with Gasteiger partial charge in [-0.25, -0.2) is 4.98 Å². The SMILES string of the molecule is CN1CCN(c2ccc(CCNC(=O)c3ccc(-c4ccc(Cl)cc4)cc3N)cn2)CC1. The Hall–Kier alpha value is -3.09. The molecule has 1 amide bonds. The highest BCUT2D eigenvalue weighted by atomic mass is 35.5. The summed E-state index contributed by atoms with van der Waals surface area (Å²) in [5.74, 6) is 0.839. The smallest absolute Gasteiger partial charge is 0.253 e. The van der Waals surface area contributed by atoms with E-state index in [1.165, 1.54) is 0 Å². The first-order valence-electron chi connectivity index (χ1n) is 10.8. The van der Waals surface area contributed by atoms with Crippen molar-refractivity contribution in [1.29, 1.82) is 0 Å². The number of aromatic nitrogens is 1. The van der Waals surface area contributed by atoms with E-state index >= 15 is 0 Å². The van der Waals surface area contributed by atoms with Gasteiger partial charge in [0.2, 0.25) is 0 Å². The third-order valence-electron chi connectivity index (χ3n) is 5.81. The maximum atomic E-state index is 12.6. The van der Waals surface area contributed by atoms with Gasteiger partial charge in [0.05, 0.1) is 5.56 Å². The fraction of sp³-hybridized carbons (Fsp3) is 0.280. The summed E-state index contributed by atoms with van der Waals surface area (Å²) in [4.78, 5) is 21.8. The zero-order valence-corrected chi connectivity index (χ0v) is 19.0. The molecule has 0 atom stereocenters. The van der Waals surface area contributed by atoms with Crippen molar-refractivity contribution in [2.75, 3.05) is 50.4 Å². The van der Waals surface area contributed by atoms with Gasteiger partial charge in [-0.2, -0.15) is 0 Å². The highest BCUT2D eigenvalue weighted by Gasteiger charge is 2.15. The van der Waals surface area contributed by atoms with Crippen molar-refractivity contribution in [3.8, 4) is 11.1 Å². The zero-order chi connectivity index (χ0) is 22.5. The van der Waals surface area contributed by atoms with Gasteiger partial charge in [-0.3, -0.25) is 4.79 Å². The molecule has 0 radical (unpaired) electrons. The Kier molecular flexibility index (Phi) is 6.93. The third kappa shape index (κ3) is 5.39. The number of anilines is 2. The summed E-state index contributed by atoms with van der Waals surface area (Å²) in [5, 5.41) is 3.64. The van der Waals surface area contributed by atoms with Gasteiger partial charge in [0.25, 0.3) is 5.91 Å². The molecule has 4 rings (SSSR count). The number of pyridine rings is 1. The van der Waals surface area contributed by atoms with E-state index in [1.807, 2.05) is 42.6 Å². The summed E-state index contributed by atoms with van der Waals surface area (Å²) in [6.45, 7) is 4.62. The molecule has 6 nitrogen and oxygen atoms in total. The molecule has 3 N–H and O–H groups in total. The van der Waals surface area contributed by atoms with Gasteiger partial charge in [-0.15, -0.1) is 0 Å². The summed E-state index contributed by atoms with van der Waals surface area (Å²) in [7, 11) is 2.14. The minimum absolute atomic E-state index is 0.174. The Morgan fingerprint density at radius 1 is 1.03 bits per heavy atom. The van der Waals surface area contributed by atoms with E-state index in [-0.39, 0.29) is 5.91 Å². The second-order valence-corrected chi connectivity index (χ2v) is 8.57. The lowest BCUT2D eigenvalue weighted by molar-refractivity contribution is 0.0955. The second kappa shape index (κ2) is 10.0. The van der Waals surface area contributed by atoms with Crippen LogP contribution in [0.2, 0.25) is 5.02 Å². The molecule has 2 aromatic carbocycles. The highest BCUT2D eigenvalue weighted by Crippen LogP contribution is 2.25. The van der Waals surface area contributed by atoms with Crippen LogP contribution in [0.3, 0.4) is 0 Å². The molecule has 0 aliphatic carbocycles. The van der Waals surface area contributed by atoms with Crippen molar-refractivity contribution in [1.82, 2.24) is 15.2 Å². The number of amides is 1. The van der Waals surface area contributed by atoms with Gasteiger partial charge in [0.15, 0.2) is 0 Å². The van der Waals surface area contributed by atoms with E-state index < -0.39 is 0 Å². The number of hydrogen-bond acceptors (Lipinski definition) is 5. The number of benzene rings is 2. The van der Waals surface area contributed by atoms with Crippen LogP contribution in [-0.4, -0.2) is 55.6 Å². The zero-order valence-electron chi connectivity index (χ0n) is 18.2. The van der Waals surface area contributed by atoms with Crippen LogP contribution in [0, 0.1) is 0 Å². The number of nitrogens with one attached hydrogen (secondary N) is 1. The van der Waals surface area contributed by atoms with E-state index in [1.54, 1.807) is 6.07 Å². The molecule has 7 heteroatoms. The predicted molar refractivity (Wildman–Crippen MR) is 131 cm³/mol. The van der Waals surface area contributed by atoms with E-state index in [9.17, 15) is 4.79 Å². The monoisotopic (exact) mass is 449 g/mol. The van der Waals surface area contributed by atoms with Crippen LogP contribution < -0.4 is 16.0 Å². The molecule has 0 bridgehead atoms. The maximum Gasteiger partial charge on any atom is 0.253 e. The first-order valence-corrected chi connectivity index (χ1v) is 11.2. The molecule has 166 valence electrons. The molecule has 3 aromatic rings. The molecule has 32 heavy (non-hydrogen) atoms. The summed E-state index contributed by atoms with van der Waals surface area (Å²) < 4.78 is 0. The molecule has 1 aliphatic heterocycles. The lowest BCUT2D eigenvalue weighted by Gasteiger charge is -2.33. The van der Waals surface area contributed by atoms with Crippen LogP contribution in [0.1, 0.15) is 15.9 Å². The minimum Gasteiger partial charge on any atom is -0.398 e. The molecular weight excluding hydrogens is 422 g/mol. The fourth-order valence-corrected chi connectivity index (χ4v) is 3.92. The predicted octanol–water partition coefficient (Wildman–Crippen LogP) is 3.71. The molecule has 1 fully saturated rings. The van der Waals surface area contributed by atoms with Crippen LogP contribution in [0.15, 0.2) is 60.8 Å². The first-order chi connectivity index (χ1) is 15.5. The molecule has 0 saturated carbocycles. The van der Waals surface area contributed by atoms with Gasteiger partial charge in [-0.1, -0.05) is 35.9 Å². The molecule has 1 aromatic heterocycles. The van der Waals surface area contributed by atoms with Crippen molar-refractivity contribution in [2.45, 2.75) is 6.42 Å². The van der Waals surface area contributed by atoms with Crippen molar-refractivity contribution in [3.05, 3.63) is 76.9 Å². The number of hydrogen-bond donors (Lipinski definition) is 2. The minimum atomic E-state index is -0.174. The highest BCUT2D eigenvalue weighted by molar-refractivity contribution is 6.30. The van der Waals surface area contributed by atoms with E-state index in [4.69, 9.17) is 17.3 Å². The molecule has 0 unspecified atom stereocenters. The Morgan fingerprint density at radius 2 is 1.75 bits per heavy atom. The van der Waals surface area contributed by atoms with Gasteiger partial charge in [-0.05, 0) is 60.5 Å². The lowest BCUT2D eigenvalue weighted by Crippen LogP contribution is -2.44. The molecule has 1 saturated heterocycles. The fourth-order valence-electron chi connectivity index (χ4n) is 3.79. The summed E-state index contributed by atoms with van der Waals surface area (Å²) in [6, 6.07) is 17.2. The maximum absolute atomic E-state index is 12.6. The Balaban J connectivity index is 1.30. The number of carbonyl (C=O) groups excluding carboxylic acids is 1. The number of nitrogens with two attached hydrogens (primary N) is 1.